The van der Waals surface area contributed by atoms with E-state index in [0.717, 1.165) is 44.1 Å². The molecule has 4 bridgehead atoms. The minimum absolute atomic E-state index is 0.0337. The lowest BCUT2D eigenvalue weighted by atomic mass is 9.89. The number of hydrogen-bond acceptors (Lipinski definition) is 7. The fourth-order valence-electron chi connectivity index (χ4n) is 5.68. The second-order valence-corrected chi connectivity index (χ2v) is 11.4. The van der Waals surface area contributed by atoms with Gasteiger partial charge in [0.25, 0.3) is 0 Å². The Hall–Kier alpha value is -2.71. The molecule has 7 unspecified atom stereocenters. The van der Waals surface area contributed by atoms with E-state index in [0.29, 0.717) is 31.6 Å². The number of fused-ring (bicyclic) bond motifs is 4. The Labute approximate surface area is 239 Å². The van der Waals surface area contributed by atoms with E-state index in [1.54, 1.807) is 0 Å². The molecule has 0 saturated carbocycles. The zero-order chi connectivity index (χ0) is 28.9. The number of cyclic esters (lactones) is 1. The summed E-state index contributed by atoms with van der Waals surface area (Å²) in [4.78, 5) is 36.0. The Morgan fingerprint density at radius 3 is 2.48 bits per heavy atom. The van der Waals surface area contributed by atoms with Gasteiger partial charge < -0.3 is 24.7 Å². The Bertz CT molecular complexity index is 968. The number of nitrogens with two attached hydrogens (primary N) is 1. The largest absolute Gasteiger partial charge is 0.466 e. The van der Waals surface area contributed by atoms with E-state index in [2.05, 4.69) is 19.1 Å². The van der Waals surface area contributed by atoms with Gasteiger partial charge in [-0.2, -0.15) is 0 Å². The van der Waals surface area contributed by atoms with E-state index in [1.807, 2.05) is 31.2 Å². The van der Waals surface area contributed by atoms with Gasteiger partial charge in [0, 0.05) is 24.8 Å². The topological polar surface area (TPSA) is 114 Å². The summed E-state index contributed by atoms with van der Waals surface area (Å²) in [5.41, 5.74) is 6.12. The third kappa shape index (κ3) is 11.4. The number of methoxy groups -OCH3 is 1. The zero-order valence-electron chi connectivity index (χ0n) is 24.3. The first-order valence-electron chi connectivity index (χ1n) is 14.8. The highest BCUT2D eigenvalue weighted by Gasteiger charge is 2.33. The number of carbonyl (C=O) groups excluding carboxylic acids is 3. The molecule has 2 fully saturated rings. The second-order valence-electron chi connectivity index (χ2n) is 11.4. The fraction of sp³-hybridized carbons (Fsp3) is 0.656. The minimum Gasteiger partial charge on any atom is -0.466 e. The monoisotopic (exact) mass is 557 g/mol. The molecule has 0 aromatic carbocycles. The first kappa shape index (κ1) is 31.8. The average Bonchev–Trinajstić information content (AvgIpc) is 2.89. The van der Waals surface area contributed by atoms with Gasteiger partial charge in [0.15, 0.2) is 0 Å². The molecule has 3 aliphatic rings. The molecule has 222 valence electrons. The van der Waals surface area contributed by atoms with Crippen LogP contribution in [0.2, 0.25) is 0 Å². The molecule has 8 heteroatoms. The summed E-state index contributed by atoms with van der Waals surface area (Å²) in [6.45, 7) is 4.24. The minimum atomic E-state index is -0.445. The van der Waals surface area contributed by atoms with Gasteiger partial charge in [-0.15, -0.1) is 0 Å². The molecule has 2 saturated heterocycles. The van der Waals surface area contributed by atoms with Gasteiger partial charge in [-0.1, -0.05) is 49.8 Å². The van der Waals surface area contributed by atoms with Gasteiger partial charge in [-0.3, -0.25) is 9.59 Å². The third-order valence-electron chi connectivity index (χ3n) is 7.75. The van der Waals surface area contributed by atoms with Crippen molar-refractivity contribution >= 4 is 17.8 Å². The van der Waals surface area contributed by atoms with Crippen LogP contribution < -0.4 is 5.73 Å². The van der Waals surface area contributed by atoms with Crippen molar-refractivity contribution in [3.05, 3.63) is 48.1 Å². The van der Waals surface area contributed by atoms with Crippen LogP contribution in [0.4, 0.5) is 0 Å². The lowest BCUT2D eigenvalue weighted by Crippen LogP contribution is -2.37. The standard InChI is InChI=1S/C32H47NO7/c1-22-14-15-23(2)29(12-7-5-4-6-8-13-30(33)34)40-32(36)21-28-18-24(19-31(35)37-3)17-27(39-28)20-26-11-9-10-25(16-22)38-26/h4-5,7,12,14-15,19,22-23,25-29H,6,8-11,13,16-18,20-21H2,1-3H3,(H2,33,34)/b5-4-,12-7+,15-14+,24-19-. The van der Waals surface area contributed by atoms with Crippen molar-refractivity contribution in [2.24, 2.45) is 17.6 Å². The first-order chi connectivity index (χ1) is 19.2. The summed E-state index contributed by atoms with van der Waals surface area (Å²) >= 11 is 0. The summed E-state index contributed by atoms with van der Waals surface area (Å²) in [7, 11) is 1.37. The van der Waals surface area contributed by atoms with E-state index in [1.165, 1.54) is 13.2 Å². The number of carbonyl (C=O) groups is 3. The molecule has 0 radical (unpaired) electrons. The summed E-state index contributed by atoms with van der Waals surface area (Å²) in [6, 6.07) is 0. The highest BCUT2D eigenvalue weighted by atomic mass is 16.6. The predicted molar refractivity (Wildman–Crippen MR) is 153 cm³/mol. The van der Waals surface area contributed by atoms with Crippen LogP contribution >= 0.6 is 0 Å². The van der Waals surface area contributed by atoms with E-state index in [9.17, 15) is 14.4 Å². The molecule has 3 rings (SSSR count). The Morgan fingerprint density at radius 1 is 1.00 bits per heavy atom. The van der Waals surface area contributed by atoms with Gasteiger partial charge in [-0.05, 0) is 63.4 Å². The number of primary amides is 1. The molecule has 2 N–H and O–H groups in total. The summed E-state index contributed by atoms with van der Waals surface area (Å²) in [6.07, 6.45) is 20.8. The van der Waals surface area contributed by atoms with Crippen molar-refractivity contribution in [2.75, 3.05) is 7.11 Å². The summed E-state index contributed by atoms with van der Waals surface area (Å²) in [5.74, 6) is -0.732. The molecular weight excluding hydrogens is 510 g/mol. The van der Waals surface area contributed by atoms with E-state index in [-0.39, 0.29) is 48.6 Å². The Morgan fingerprint density at radius 2 is 1.73 bits per heavy atom. The van der Waals surface area contributed by atoms with Gasteiger partial charge >= 0.3 is 11.9 Å². The van der Waals surface area contributed by atoms with Crippen molar-refractivity contribution in [3.63, 3.8) is 0 Å². The highest BCUT2D eigenvalue weighted by molar-refractivity contribution is 5.82. The van der Waals surface area contributed by atoms with Crippen LogP contribution in [0.1, 0.15) is 84.5 Å². The maximum Gasteiger partial charge on any atom is 0.330 e. The van der Waals surface area contributed by atoms with Crippen molar-refractivity contribution in [1.82, 2.24) is 0 Å². The molecule has 7 atom stereocenters. The zero-order valence-corrected chi connectivity index (χ0v) is 24.3. The molecule has 40 heavy (non-hydrogen) atoms. The van der Waals surface area contributed by atoms with Crippen LogP contribution in [-0.2, 0) is 33.3 Å². The highest BCUT2D eigenvalue weighted by Crippen LogP contribution is 2.33. The molecule has 0 aliphatic carbocycles. The number of allylic oxidation sites excluding steroid dienone is 4. The molecule has 8 nitrogen and oxygen atoms in total. The quantitative estimate of drug-likeness (QED) is 0.149. The Balaban J connectivity index is 1.77. The van der Waals surface area contributed by atoms with Crippen LogP contribution in [0, 0.1) is 11.8 Å². The smallest absolute Gasteiger partial charge is 0.330 e. The van der Waals surface area contributed by atoms with E-state index in [4.69, 9.17) is 24.7 Å². The lowest BCUT2D eigenvalue weighted by molar-refractivity contribution is -0.154. The van der Waals surface area contributed by atoms with Crippen molar-refractivity contribution in [1.29, 1.82) is 0 Å². The summed E-state index contributed by atoms with van der Waals surface area (Å²) in [5, 5.41) is 0. The van der Waals surface area contributed by atoms with Gasteiger partial charge in [0.2, 0.25) is 5.91 Å². The third-order valence-corrected chi connectivity index (χ3v) is 7.75. The maximum atomic E-state index is 13.1. The van der Waals surface area contributed by atoms with Crippen LogP contribution in [-0.4, -0.2) is 55.5 Å². The van der Waals surface area contributed by atoms with Crippen LogP contribution in [0.25, 0.3) is 0 Å². The van der Waals surface area contributed by atoms with Crippen molar-refractivity contribution in [2.45, 2.75) is 115 Å². The normalized spacial score (nSPS) is 34.0. The number of esters is 2. The van der Waals surface area contributed by atoms with Crippen LogP contribution in [0.3, 0.4) is 0 Å². The Kier molecular flexibility index (Phi) is 13.1. The number of hydrogen-bond donors (Lipinski definition) is 1. The average molecular weight is 558 g/mol. The molecule has 0 aromatic rings. The van der Waals surface area contributed by atoms with Gasteiger partial charge in [0.1, 0.15) is 6.10 Å². The molecule has 0 aromatic heterocycles. The predicted octanol–water partition coefficient (Wildman–Crippen LogP) is 5.26. The van der Waals surface area contributed by atoms with Gasteiger partial charge in [0.05, 0.1) is 37.9 Å². The molecular formula is C32H47NO7. The fourth-order valence-corrected chi connectivity index (χ4v) is 5.68. The maximum absolute atomic E-state index is 13.1. The summed E-state index contributed by atoms with van der Waals surface area (Å²) < 4.78 is 23.7. The molecule has 3 heterocycles. The lowest BCUT2D eigenvalue weighted by Gasteiger charge is -2.37. The molecule has 3 aliphatic heterocycles. The van der Waals surface area contributed by atoms with Crippen LogP contribution in [0.5, 0.6) is 0 Å². The van der Waals surface area contributed by atoms with E-state index >= 15 is 0 Å². The number of amides is 1. The first-order valence-corrected chi connectivity index (χ1v) is 14.8. The molecule has 1 amide bonds. The van der Waals surface area contributed by atoms with Crippen molar-refractivity contribution in [3.8, 4) is 0 Å². The number of rotatable bonds is 7. The van der Waals surface area contributed by atoms with Crippen molar-refractivity contribution < 1.29 is 33.3 Å². The van der Waals surface area contributed by atoms with Crippen LogP contribution in [0.15, 0.2) is 48.1 Å². The second kappa shape index (κ2) is 16.5. The number of ether oxygens (including phenoxy) is 4. The van der Waals surface area contributed by atoms with E-state index < -0.39 is 12.1 Å². The van der Waals surface area contributed by atoms with Gasteiger partial charge in [-0.25, -0.2) is 4.79 Å². The molecule has 0 spiro atoms. The SMILES string of the molecule is COC(=O)/C=C1\CC2CC(=O)OC(/C=C/C=C\CCCC(N)=O)C(C)/C=C/C(C)CC3CCCC(CC(C1)O2)O3. The number of unbranched alkanes of at least 4 members (excludes halogenated alkanes) is 1.